The normalized spacial score (nSPS) is 15.6. The number of nitrogens with zero attached hydrogens (tertiary/aromatic N) is 1. The van der Waals surface area contributed by atoms with E-state index in [-0.39, 0.29) is 0 Å². The van der Waals surface area contributed by atoms with Gasteiger partial charge in [-0.15, -0.1) is 0 Å². The van der Waals surface area contributed by atoms with Crippen LogP contribution in [-0.4, -0.2) is 17.6 Å². The van der Waals surface area contributed by atoms with Crippen LogP contribution >= 0.6 is 11.8 Å². The predicted molar refractivity (Wildman–Crippen MR) is 57.5 cm³/mol. The fourth-order valence-corrected chi connectivity index (χ4v) is 1.82. The highest BCUT2D eigenvalue weighted by Gasteiger charge is 2.19. The van der Waals surface area contributed by atoms with Gasteiger partial charge in [0.1, 0.15) is 11.9 Å². The average molecular weight is 205 g/mol. The largest absolute Gasteiger partial charge is 0.489 e. The smallest absolute Gasteiger partial charge is 0.119 e. The topological polar surface area (TPSA) is 33.0 Å². The number of hydrogen-bond acceptors (Lipinski definition) is 3. The molecule has 2 nitrogen and oxygen atoms in total. The molecule has 1 fully saturated rings. The molecule has 72 valence electrons. The molecule has 0 unspecified atom stereocenters. The number of benzene rings is 1. The third kappa shape index (κ3) is 2.21. The molecule has 3 heteroatoms. The molecule has 1 aromatic rings. The zero-order valence-corrected chi connectivity index (χ0v) is 8.59. The number of ether oxygens (including phenoxy) is 1. The highest BCUT2D eigenvalue weighted by Crippen LogP contribution is 2.23. The van der Waals surface area contributed by atoms with Gasteiger partial charge in [-0.25, -0.2) is 0 Å². The third-order valence-electron chi connectivity index (χ3n) is 2.12. The molecule has 1 aliphatic heterocycles. The molecule has 0 aromatic heterocycles. The first-order valence-corrected chi connectivity index (χ1v) is 5.74. The summed E-state index contributed by atoms with van der Waals surface area (Å²) >= 11 is 1.91. The second kappa shape index (κ2) is 4.39. The molecule has 0 spiro atoms. The van der Waals surface area contributed by atoms with Crippen molar-refractivity contribution in [3.05, 3.63) is 29.8 Å². The van der Waals surface area contributed by atoms with Gasteiger partial charge >= 0.3 is 0 Å². The molecule has 0 N–H and O–H groups in total. The van der Waals surface area contributed by atoms with Gasteiger partial charge in [0.25, 0.3) is 0 Å². The van der Waals surface area contributed by atoms with Gasteiger partial charge < -0.3 is 4.74 Å². The fourth-order valence-electron chi connectivity index (χ4n) is 1.25. The van der Waals surface area contributed by atoms with Gasteiger partial charge in [-0.3, -0.25) is 0 Å². The maximum absolute atomic E-state index is 8.50. The van der Waals surface area contributed by atoms with Gasteiger partial charge in [0.15, 0.2) is 0 Å². The lowest BCUT2D eigenvalue weighted by molar-refractivity contribution is 0.240. The van der Waals surface area contributed by atoms with Gasteiger partial charge in [-0.2, -0.15) is 17.0 Å². The lowest BCUT2D eigenvalue weighted by Crippen LogP contribution is -2.30. The van der Waals surface area contributed by atoms with Crippen LogP contribution < -0.4 is 4.74 Å². The molecule has 1 saturated heterocycles. The summed E-state index contributed by atoms with van der Waals surface area (Å²) in [7, 11) is 0. The lowest BCUT2D eigenvalue weighted by atomic mass is 10.2. The Morgan fingerprint density at radius 1 is 1.36 bits per heavy atom. The first-order valence-electron chi connectivity index (χ1n) is 4.59. The average Bonchev–Trinajstić information content (AvgIpc) is 2.14. The van der Waals surface area contributed by atoms with E-state index in [9.17, 15) is 0 Å². The zero-order chi connectivity index (χ0) is 9.80. The fraction of sp³-hybridized carbons (Fsp3) is 0.364. The molecule has 0 radical (unpaired) electrons. The number of rotatable bonds is 3. The van der Waals surface area contributed by atoms with E-state index in [1.807, 2.05) is 36.0 Å². The molecule has 0 atom stereocenters. The molecule has 0 aliphatic carbocycles. The molecule has 0 bridgehead atoms. The summed E-state index contributed by atoms with van der Waals surface area (Å²) in [6, 6.07) is 9.90. The summed E-state index contributed by atoms with van der Waals surface area (Å²) < 4.78 is 5.68. The van der Waals surface area contributed by atoms with Crippen LogP contribution in [0.1, 0.15) is 5.56 Å². The van der Waals surface area contributed by atoms with E-state index in [1.54, 1.807) is 0 Å². The van der Waals surface area contributed by atoms with Crippen molar-refractivity contribution in [3.8, 4) is 11.8 Å². The molecule has 0 saturated carbocycles. The highest BCUT2D eigenvalue weighted by atomic mass is 32.2. The van der Waals surface area contributed by atoms with E-state index in [4.69, 9.17) is 10.00 Å². The number of hydrogen-bond donors (Lipinski definition) is 0. The van der Waals surface area contributed by atoms with Gasteiger partial charge in [-0.05, 0) is 17.7 Å². The molecular formula is C11H11NOS. The Hall–Kier alpha value is -1.14. The summed E-state index contributed by atoms with van der Waals surface area (Å²) in [5, 5.41) is 8.50. The van der Waals surface area contributed by atoms with Gasteiger partial charge in [0.05, 0.1) is 12.5 Å². The Labute approximate surface area is 87.9 Å². The Morgan fingerprint density at radius 2 is 2.07 bits per heavy atom. The van der Waals surface area contributed by atoms with Crippen molar-refractivity contribution in [2.75, 3.05) is 11.5 Å². The summed E-state index contributed by atoms with van der Waals surface area (Å²) in [4.78, 5) is 0. The number of nitriles is 1. The van der Waals surface area contributed by atoms with Crippen LogP contribution in [-0.2, 0) is 6.42 Å². The third-order valence-corrected chi connectivity index (χ3v) is 3.33. The van der Waals surface area contributed by atoms with Gasteiger partial charge in [0.2, 0.25) is 0 Å². The van der Waals surface area contributed by atoms with E-state index >= 15 is 0 Å². The van der Waals surface area contributed by atoms with Crippen LogP contribution in [0.15, 0.2) is 24.3 Å². The van der Waals surface area contributed by atoms with Crippen molar-refractivity contribution in [2.24, 2.45) is 0 Å². The molecule has 14 heavy (non-hydrogen) atoms. The van der Waals surface area contributed by atoms with Crippen molar-refractivity contribution in [1.29, 1.82) is 5.26 Å². The standard InChI is InChI=1S/C11H11NOS/c12-6-5-9-1-3-10(4-2-9)13-11-7-14-8-11/h1-4,11H,5,7-8H2. The maximum atomic E-state index is 8.50. The molecule has 1 aliphatic rings. The summed E-state index contributed by atoms with van der Waals surface area (Å²) in [6.45, 7) is 0. The van der Waals surface area contributed by atoms with Crippen LogP contribution in [0, 0.1) is 11.3 Å². The quantitative estimate of drug-likeness (QED) is 0.758. The SMILES string of the molecule is N#CCc1ccc(OC2CSC2)cc1. The van der Waals surface area contributed by atoms with E-state index in [0.29, 0.717) is 12.5 Å². The Morgan fingerprint density at radius 3 is 2.57 bits per heavy atom. The number of thioether (sulfide) groups is 1. The monoisotopic (exact) mass is 205 g/mol. The Kier molecular flexibility index (Phi) is 2.95. The first-order chi connectivity index (χ1) is 6.88. The summed E-state index contributed by atoms with van der Waals surface area (Å²) in [6.07, 6.45) is 0.862. The highest BCUT2D eigenvalue weighted by molar-refractivity contribution is 8.00. The molecule has 1 aromatic carbocycles. The summed E-state index contributed by atoms with van der Waals surface area (Å²) in [5.74, 6) is 3.11. The van der Waals surface area contributed by atoms with E-state index in [1.165, 1.54) is 0 Å². The van der Waals surface area contributed by atoms with E-state index in [2.05, 4.69) is 6.07 Å². The van der Waals surface area contributed by atoms with E-state index in [0.717, 1.165) is 22.8 Å². The van der Waals surface area contributed by atoms with Crippen LogP contribution in [0.5, 0.6) is 5.75 Å². The Balaban J connectivity index is 1.95. The van der Waals surface area contributed by atoms with Crippen LogP contribution in [0.25, 0.3) is 0 Å². The minimum absolute atomic E-state index is 0.391. The minimum Gasteiger partial charge on any atom is -0.489 e. The van der Waals surface area contributed by atoms with Crippen molar-refractivity contribution < 1.29 is 4.74 Å². The molecule has 0 amide bonds. The van der Waals surface area contributed by atoms with Crippen LogP contribution in [0.2, 0.25) is 0 Å². The molecule has 2 rings (SSSR count). The minimum atomic E-state index is 0.391. The molecular weight excluding hydrogens is 194 g/mol. The van der Waals surface area contributed by atoms with Crippen LogP contribution in [0.4, 0.5) is 0 Å². The van der Waals surface area contributed by atoms with Crippen molar-refractivity contribution in [3.63, 3.8) is 0 Å². The maximum Gasteiger partial charge on any atom is 0.119 e. The van der Waals surface area contributed by atoms with E-state index < -0.39 is 0 Å². The zero-order valence-electron chi connectivity index (χ0n) is 7.77. The van der Waals surface area contributed by atoms with Crippen LogP contribution in [0.3, 0.4) is 0 Å². The van der Waals surface area contributed by atoms with Crippen molar-refractivity contribution >= 4 is 11.8 Å². The Bertz CT molecular complexity index is 337. The first kappa shape index (κ1) is 9.42. The van der Waals surface area contributed by atoms with Gasteiger partial charge in [0, 0.05) is 11.5 Å². The molecule has 1 heterocycles. The summed E-state index contributed by atoms with van der Waals surface area (Å²) in [5.41, 5.74) is 1.04. The van der Waals surface area contributed by atoms with Crippen molar-refractivity contribution in [1.82, 2.24) is 0 Å². The second-order valence-electron chi connectivity index (χ2n) is 3.26. The lowest BCUT2D eigenvalue weighted by Gasteiger charge is -2.25. The predicted octanol–water partition coefficient (Wildman–Crippen LogP) is 2.25. The second-order valence-corrected chi connectivity index (χ2v) is 4.33. The van der Waals surface area contributed by atoms with Crippen molar-refractivity contribution in [2.45, 2.75) is 12.5 Å². The van der Waals surface area contributed by atoms with Gasteiger partial charge in [-0.1, -0.05) is 12.1 Å².